The van der Waals surface area contributed by atoms with Crippen molar-refractivity contribution in [2.75, 3.05) is 0 Å². The molecule has 0 saturated carbocycles. The molecule has 0 aliphatic heterocycles. The van der Waals surface area contributed by atoms with Crippen LogP contribution >= 0.6 is 12.2 Å². The molecule has 1 aromatic heterocycles. The molecular formula is C9H13NOS. The molecule has 2 nitrogen and oxygen atoms in total. The summed E-state index contributed by atoms with van der Waals surface area (Å²) in [6, 6.07) is 3.67. The second kappa shape index (κ2) is 3.27. The van der Waals surface area contributed by atoms with Gasteiger partial charge >= 0.3 is 0 Å². The first-order valence-electron chi connectivity index (χ1n) is 3.85. The highest BCUT2D eigenvalue weighted by Gasteiger charge is 2.13. The Kier molecular flexibility index (Phi) is 2.52. The Labute approximate surface area is 78.0 Å². The van der Waals surface area contributed by atoms with E-state index in [0.717, 1.165) is 5.76 Å². The number of hydrogen-bond acceptors (Lipinski definition) is 2. The van der Waals surface area contributed by atoms with Crippen molar-refractivity contribution in [1.82, 2.24) is 5.32 Å². The average molecular weight is 183 g/mol. The van der Waals surface area contributed by atoms with Crippen LogP contribution in [0.4, 0.5) is 0 Å². The summed E-state index contributed by atoms with van der Waals surface area (Å²) < 4.78 is 5.14. The van der Waals surface area contributed by atoms with E-state index < -0.39 is 0 Å². The summed E-state index contributed by atoms with van der Waals surface area (Å²) in [5.74, 6) is 0.722. The van der Waals surface area contributed by atoms with Gasteiger partial charge in [0.25, 0.3) is 0 Å². The third kappa shape index (κ3) is 2.66. The van der Waals surface area contributed by atoms with Crippen molar-refractivity contribution in [3.63, 3.8) is 0 Å². The van der Waals surface area contributed by atoms with Crippen molar-refractivity contribution in [3.8, 4) is 0 Å². The van der Waals surface area contributed by atoms with Crippen molar-refractivity contribution in [2.24, 2.45) is 0 Å². The van der Waals surface area contributed by atoms with Gasteiger partial charge in [0.05, 0.1) is 6.26 Å². The van der Waals surface area contributed by atoms with Gasteiger partial charge < -0.3 is 9.73 Å². The summed E-state index contributed by atoms with van der Waals surface area (Å²) >= 11 is 5.12. The van der Waals surface area contributed by atoms with E-state index in [1.165, 1.54) is 0 Å². The number of thiocarbonyl (C=S) groups is 1. The van der Waals surface area contributed by atoms with Gasteiger partial charge in [-0.15, -0.1) is 0 Å². The van der Waals surface area contributed by atoms with Crippen molar-refractivity contribution in [3.05, 3.63) is 24.2 Å². The molecule has 0 spiro atoms. The van der Waals surface area contributed by atoms with Gasteiger partial charge in [-0.25, -0.2) is 0 Å². The fourth-order valence-corrected chi connectivity index (χ4v) is 1.23. The van der Waals surface area contributed by atoms with E-state index in [1.807, 2.05) is 12.1 Å². The molecule has 0 aliphatic carbocycles. The van der Waals surface area contributed by atoms with Crippen LogP contribution < -0.4 is 5.32 Å². The van der Waals surface area contributed by atoms with Crippen LogP contribution in [0, 0.1) is 0 Å². The number of furan rings is 1. The predicted octanol–water partition coefficient (Wildman–Crippen LogP) is 2.34. The second-order valence-electron chi connectivity index (χ2n) is 3.68. The third-order valence-corrected chi connectivity index (χ3v) is 1.54. The largest absolute Gasteiger partial charge is 0.462 e. The molecule has 1 N–H and O–H groups in total. The molecule has 1 rings (SSSR count). The molecule has 0 aromatic carbocycles. The van der Waals surface area contributed by atoms with E-state index in [0.29, 0.717) is 4.99 Å². The minimum atomic E-state index is -0.0100. The number of hydrogen-bond donors (Lipinski definition) is 1. The van der Waals surface area contributed by atoms with Gasteiger partial charge in [-0.05, 0) is 32.9 Å². The Balaban J connectivity index is 2.63. The van der Waals surface area contributed by atoms with Crippen molar-refractivity contribution < 1.29 is 4.42 Å². The van der Waals surface area contributed by atoms with E-state index in [4.69, 9.17) is 16.6 Å². The highest BCUT2D eigenvalue weighted by atomic mass is 32.1. The molecule has 0 radical (unpaired) electrons. The normalized spacial score (nSPS) is 11.2. The molecule has 0 fully saturated rings. The van der Waals surface area contributed by atoms with Crippen LogP contribution in [0.1, 0.15) is 26.5 Å². The highest BCUT2D eigenvalue weighted by molar-refractivity contribution is 7.80. The van der Waals surface area contributed by atoms with E-state index in [9.17, 15) is 0 Å². The maximum atomic E-state index is 5.14. The van der Waals surface area contributed by atoms with Crippen LogP contribution in [0.5, 0.6) is 0 Å². The van der Waals surface area contributed by atoms with E-state index >= 15 is 0 Å². The van der Waals surface area contributed by atoms with Crippen LogP contribution in [-0.2, 0) is 0 Å². The van der Waals surface area contributed by atoms with Gasteiger partial charge in [0, 0.05) is 5.54 Å². The van der Waals surface area contributed by atoms with Crippen LogP contribution in [-0.4, -0.2) is 10.5 Å². The lowest BCUT2D eigenvalue weighted by Gasteiger charge is -2.21. The Morgan fingerprint density at radius 1 is 1.50 bits per heavy atom. The monoisotopic (exact) mass is 183 g/mol. The molecule has 0 atom stereocenters. The van der Waals surface area contributed by atoms with Crippen LogP contribution in [0.15, 0.2) is 22.8 Å². The first-order valence-corrected chi connectivity index (χ1v) is 4.26. The smallest absolute Gasteiger partial charge is 0.160 e. The number of nitrogens with one attached hydrogen (secondary N) is 1. The summed E-state index contributed by atoms with van der Waals surface area (Å²) in [5, 5.41) is 3.16. The van der Waals surface area contributed by atoms with Crippen molar-refractivity contribution in [1.29, 1.82) is 0 Å². The molecule has 0 bridgehead atoms. The average Bonchev–Trinajstić information content (AvgIpc) is 2.32. The van der Waals surface area contributed by atoms with Crippen LogP contribution in [0.2, 0.25) is 0 Å². The number of rotatable bonds is 1. The van der Waals surface area contributed by atoms with Gasteiger partial charge in [0.2, 0.25) is 0 Å². The molecule has 3 heteroatoms. The summed E-state index contributed by atoms with van der Waals surface area (Å²) in [6.07, 6.45) is 1.62. The highest BCUT2D eigenvalue weighted by Crippen LogP contribution is 2.05. The minimum absolute atomic E-state index is 0.0100. The Hall–Kier alpha value is -0.830. The molecule has 0 saturated heterocycles. The molecular weight excluding hydrogens is 170 g/mol. The molecule has 1 aromatic rings. The summed E-state index contributed by atoms with van der Waals surface area (Å²) in [7, 11) is 0. The van der Waals surface area contributed by atoms with Crippen LogP contribution in [0.25, 0.3) is 0 Å². The zero-order chi connectivity index (χ0) is 9.19. The summed E-state index contributed by atoms with van der Waals surface area (Å²) in [5.41, 5.74) is -0.0100. The van der Waals surface area contributed by atoms with E-state index in [-0.39, 0.29) is 5.54 Å². The molecule has 1 heterocycles. The fourth-order valence-electron chi connectivity index (χ4n) is 0.810. The molecule has 66 valence electrons. The van der Waals surface area contributed by atoms with E-state index in [2.05, 4.69) is 26.1 Å². The van der Waals surface area contributed by atoms with Crippen molar-refractivity contribution in [2.45, 2.75) is 26.3 Å². The summed E-state index contributed by atoms with van der Waals surface area (Å²) in [6.45, 7) is 6.17. The maximum Gasteiger partial charge on any atom is 0.160 e. The first-order chi connectivity index (χ1) is 5.49. The van der Waals surface area contributed by atoms with E-state index in [1.54, 1.807) is 6.26 Å². The Morgan fingerprint density at radius 3 is 2.58 bits per heavy atom. The quantitative estimate of drug-likeness (QED) is 0.676. The SMILES string of the molecule is CC(C)(C)NC(=S)c1ccco1. The lowest BCUT2D eigenvalue weighted by atomic mass is 10.1. The van der Waals surface area contributed by atoms with Crippen LogP contribution in [0.3, 0.4) is 0 Å². The zero-order valence-corrected chi connectivity index (χ0v) is 8.37. The topological polar surface area (TPSA) is 25.2 Å². The van der Waals surface area contributed by atoms with Gasteiger partial charge in [-0.3, -0.25) is 0 Å². The maximum absolute atomic E-state index is 5.14. The molecule has 0 amide bonds. The van der Waals surface area contributed by atoms with Gasteiger partial charge in [0.1, 0.15) is 4.99 Å². The summed E-state index contributed by atoms with van der Waals surface area (Å²) in [4.78, 5) is 0.660. The predicted molar refractivity (Wildman–Crippen MR) is 53.3 cm³/mol. The fraction of sp³-hybridized carbons (Fsp3) is 0.444. The molecule has 0 unspecified atom stereocenters. The minimum Gasteiger partial charge on any atom is -0.462 e. The van der Waals surface area contributed by atoms with Gasteiger partial charge in [-0.1, -0.05) is 12.2 Å². The Bertz CT molecular complexity index is 259. The van der Waals surface area contributed by atoms with Gasteiger partial charge in [-0.2, -0.15) is 0 Å². The first kappa shape index (κ1) is 9.26. The third-order valence-electron chi connectivity index (χ3n) is 1.23. The lowest BCUT2D eigenvalue weighted by molar-refractivity contribution is 0.500. The lowest BCUT2D eigenvalue weighted by Crippen LogP contribution is -2.39. The molecule has 0 aliphatic rings. The molecule has 12 heavy (non-hydrogen) atoms. The van der Waals surface area contributed by atoms with Gasteiger partial charge in [0.15, 0.2) is 5.76 Å². The zero-order valence-electron chi connectivity index (χ0n) is 7.55. The van der Waals surface area contributed by atoms with Crippen molar-refractivity contribution >= 4 is 17.2 Å². The standard InChI is InChI=1S/C9H13NOS/c1-9(2,3)10-8(12)7-5-4-6-11-7/h4-6H,1-3H3,(H,10,12). The Morgan fingerprint density at radius 2 is 2.17 bits per heavy atom. The second-order valence-corrected chi connectivity index (χ2v) is 4.09.